The minimum absolute atomic E-state index is 0.978. The van der Waals surface area contributed by atoms with Gasteiger partial charge in [0.25, 0.3) is 0 Å². The summed E-state index contributed by atoms with van der Waals surface area (Å²) in [4.78, 5) is 8.61. The summed E-state index contributed by atoms with van der Waals surface area (Å²) in [7, 11) is 0. The van der Waals surface area contributed by atoms with Crippen molar-refractivity contribution in [2.45, 2.75) is 0 Å². The van der Waals surface area contributed by atoms with Crippen LogP contribution in [-0.4, -0.2) is 14.5 Å². The molecular formula is C16H10BrN3. The third-order valence-electron chi connectivity index (χ3n) is 3.40. The average Bonchev–Trinajstić information content (AvgIpc) is 2.81. The molecule has 2 heterocycles. The highest BCUT2D eigenvalue weighted by Gasteiger charge is 2.13. The molecule has 0 bridgehead atoms. The molecule has 0 saturated carbocycles. The minimum Gasteiger partial charge on any atom is -0.306 e. The van der Waals surface area contributed by atoms with E-state index >= 15 is 0 Å². The maximum absolute atomic E-state index is 4.44. The van der Waals surface area contributed by atoms with Crippen LogP contribution in [0.15, 0.2) is 65.5 Å². The Kier molecular flexibility index (Phi) is 2.57. The summed E-state index contributed by atoms with van der Waals surface area (Å²) in [6.45, 7) is 0. The topological polar surface area (TPSA) is 30.7 Å². The first-order chi connectivity index (χ1) is 9.84. The van der Waals surface area contributed by atoms with Gasteiger partial charge in [-0.1, -0.05) is 34.1 Å². The SMILES string of the molecule is Brc1ccc2c3ncncc3n(-c3ccccc3)c2c1. The molecule has 4 heteroatoms. The minimum atomic E-state index is 0.978. The highest BCUT2D eigenvalue weighted by molar-refractivity contribution is 9.10. The summed E-state index contributed by atoms with van der Waals surface area (Å²) in [6, 6.07) is 16.5. The number of aromatic nitrogens is 3. The van der Waals surface area contributed by atoms with Crippen molar-refractivity contribution in [1.82, 2.24) is 14.5 Å². The monoisotopic (exact) mass is 323 g/mol. The van der Waals surface area contributed by atoms with E-state index in [-0.39, 0.29) is 0 Å². The molecule has 0 amide bonds. The number of hydrogen-bond donors (Lipinski definition) is 0. The molecule has 0 aliphatic rings. The van der Waals surface area contributed by atoms with Crippen LogP contribution in [0.1, 0.15) is 0 Å². The molecule has 4 rings (SSSR count). The van der Waals surface area contributed by atoms with Crippen LogP contribution in [-0.2, 0) is 0 Å². The van der Waals surface area contributed by atoms with Gasteiger partial charge in [0.05, 0.1) is 22.7 Å². The largest absolute Gasteiger partial charge is 0.306 e. The third-order valence-corrected chi connectivity index (χ3v) is 3.90. The van der Waals surface area contributed by atoms with Crippen LogP contribution in [0.5, 0.6) is 0 Å². The van der Waals surface area contributed by atoms with Gasteiger partial charge in [-0.2, -0.15) is 0 Å². The Morgan fingerprint density at radius 2 is 1.80 bits per heavy atom. The molecule has 0 atom stereocenters. The zero-order chi connectivity index (χ0) is 13.5. The Labute approximate surface area is 124 Å². The molecule has 0 N–H and O–H groups in total. The molecule has 3 nitrogen and oxygen atoms in total. The van der Waals surface area contributed by atoms with E-state index in [4.69, 9.17) is 0 Å². The molecule has 0 saturated heterocycles. The lowest BCUT2D eigenvalue weighted by atomic mass is 10.2. The van der Waals surface area contributed by atoms with Crippen LogP contribution >= 0.6 is 15.9 Å². The summed E-state index contributed by atoms with van der Waals surface area (Å²) >= 11 is 3.55. The highest BCUT2D eigenvalue weighted by Crippen LogP contribution is 2.31. The van der Waals surface area contributed by atoms with E-state index in [0.717, 1.165) is 32.1 Å². The summed E-state index contributed by atoms with van der Waals surface area (Å²) in [6.07, 6.45) is 3.46. The van der Waals surface area contributed by atoms with Gasteiger partial charge in [0.15, 0.2) is 0 Å². The van der Waals surface area contributed by atoms with Gasteiger partial charge in [-0.05, 0) is 30.3 Å². The van der Waals surface area contributed by atoms with Crippen LogP contribution in [0.4, 0.5) is 0 Å². The van der Waals surface area contributed by atoms with E-state index in [9.17, 15) is 0 Å². The molecule has 20 heavy (non-hydrogen) atoms. The number of rotatable bonds is 1. The van der Waals surface area contributed by atoms with Crippen molar-refractivity contribution in [3.05, 3.63) is 65.5 Å². The van der Waals surface area contributed by atoms with E-state index in [2.05, 4.69) is 54.7 Å². The van der Waals surface area contributed by atoms with Gasteiger partial charge < -0.3 is 4.57 Å². The lowest BCUT2D eigenvalue weighted by Crippen LogP contribution is -1.93. The Balaban J connectivity index is 2.23. The lowest BCUT2D eigenvalue weighted by molar-refractivity contribution is 1.14. The zero-order valence-electron chi connectivity index (χ0n) is 10.5. The summed E-state index contributed by atoms with van der Waals surface area (Å²) in [5, 5.41) is 1.13. The normalized spacial score (nSPS) is 11.2. The van der Waals surface area contributed by atoms with E-state index in [1.807, 2.05) is 30.5 Å². The predicted octanol–water partition coefficient (Wildman–Crippen LogP) is 4.34. The van der Waals surface area contributed by atoms with Crippen molar-refractivity contribution < 1.29 is 0 Å². The number of hydrogen-bond acceptors (Lipinski definition) is 2. The van der Waals surface area contributed by atoms with Crippen molar-refractivity contribution >= 4 is 37.9 Å². The first-order valence-corrected chi connectivity index (χ1v) is 7.09. The van der Waals surface area contributed by atoms with Crippen LogP contribution in [0, 0.1) is 0 Å². The number of nitrogens with zero attached hydrogens (tertiary/aromatic N) is 3. The Morgan fingerprint density at radius 3 is 2.65 bits per heavy atom. The molecule has 0 radical (unpaired) electrons. The lowest BCUT2D eigenvalue weighted by Gasteiger charge is -2.06. The third kappa shape index (κ3) is 1.65. The van der Waals surface area contributed by atoms with Gasteiger partial charge in [0, 0.05) is 15.5 Å². The average molecular weight is 324 g/mol. The quantitative estimate of drug-likeness (QED) is 0.521. The second kappa shape index (κ2) is 4.42. The van der Waals surface area contributed by atoms with Crippen LogP contribution in [0.25, 0.3) is 27.6 Å². The van der Waals surface area contributed by atoms with E-state index in [0.29, 0.717) is 0 Å². The van der Waals surface area contributed by atoms with Crippen LogP contribution in [0.3, 0.4) is 0 Å². The van der Waals surface area contributed by atoms with E-state index in [1.54, 1.807) is 6.33 Å². The number of halogens is 1. The molecule has 0 spiro atoms. The number of fused-ring (bicyclic) bond motifs is 3. The summed E-state index contributed by atoms with van der Waals surface area (Å²) < 4.78 is 3.24. The van der Waals surface area contributed by atoms with Gasteiger partial charge in [-0.3, -0.25) is 0 Å². The standard InChI is InChI=1S/C16H10BrN3/c17-11-6-7-13-14(8-11)20(12-4-2-1-3-5-12)15-9-18-10-19-16(13)15/h1-10H. The molecule has 96 valence electrons. The molecule has 0 unspecified atom stereocenters. The van der Waals surface area contributed by atoms with Crippen molar-refractivity contribution in [3.8, 4) is 5.69 Å². The van der Waals surface area contributed by atoms with Gasteiger partial charge in [0.1, 0.15) is 6.33 Å². The molecule has 0 aliphatic heterocycles. The van der Waals surface area contributed by atoms with Crippen LogP contribution in [0.2, 0.25) is 0 Å². The maximum atomic E-state index is 4.44. The second-order valence-electron chi connectivity index (χ2n) is 4.59. The maximum Gasteiger partial charge on any atom is 0.116 e. The number of para-hydroxylation sites is 1. The Morgan fingerprint density at radius 1 is 0.950 bits per heavy atom. The molecule has 2 aromatic heterocycles. The summed E-state index contributed by atoms with van der Waals surface area (Å²) in [5.41, 5.74) is 4.24. The van der Waals surface area contributed by atoms with E-state index in [1.165, 1.54) is 0 Å². The first kappa shape index (κ1) is 11.6. The molecule has 4 aromatic rings. The summed E-state index contributed by atoms with van der Waals surface area (Å²) in [5.74, 6) is 0. The highest BCUT2D eigenvalue weighted by atomic mass is 79.9. The predicted molar refractivity (Wildman–Crippen MR) is 84.1 cm³/mol. The fourth-order valence-electron chi connectivity index (χ4n) is 2.57. The molecule has 0 aliphatic carbocycles. The zero-order valence-corrected chi connectivity index (χ0v) is 12.1. The smallest absolute Gasteiger partial charge is 0.116 e. The fourth-order valence-corrected chi connectivity index (χ4v) is 2.92. The Hall–Kier alpha value is -2.20. The fraction of sp³-hybridized carbons (Fsp3) is 0. The van der Waals surface area contributed by atoms with E-state index < -0.39 is 0 Å². The van der Waals surface area contributed by atoms with Gasteiger partial charge in [0.2, 0.25) is 0 Å². The molecule has 2 aromatic carbocycles. The second-order valence-corrected chi connectivity index (χ2v) is 5.50. The van der Waals surface area contributed by atoms with Gasteiger partial charge >= 0.3 is 0 Å². The molecule has 0 fully saturated rings. The van der Waals surface area contributed by atoms with Crippen molar-refractivity contribution in [2.24, 2.45) is 0 Å². The van der Waals surface area contributed by atoms with Crippen molar-refractivity contribution in [2.75, 3.05) is 0 Å². The van der Waals surface area contributed by atoms with Gasteiger partial charge in [-0.15, -0.1) is 0 Å². The van der Waals surface area contributed by atoms with Gasteiger partial charge in [-0.25, -0.2) is 9.97 Å². The van der Waals surface area contributed by atoms with Crippen LogP contribution < -0.4 is 0 Å². The first-order valence-electron chi connectivity index (χ1n) is 6.30. The van der Waals surface area contributed by atoms with Crippen molar-refractivity contribution in [3.63, 3.8) is 0 Å². The number of benzene rings is 2. The Bertz CT molecular complexity index is 913. The van der Waals surface area contributed by atoms with Crippen molar-refractivity contribution in [1.29, 1.82) is 0 Å². The molecular weight excluding hydrogens is 314 g/mol.